The van der Waals surface area contributed by atoms with E-state index in [1.807, 2.05) is 36.4 Å². The molecule has 4 aromatic rings. The van der Waals surface area contributed by atoms with Crippen molar-refractivity contribution < 1.29 is 4.79 Å². The molecule has 1 amide bonds. The van der Waals surface area contributed by atoms with Crippen molar-refractivity contribution >= 4 is 16.9 Å². The maximum Gasteiger partial charge on any atom is 0.253 e. The van der Waals surface area contributed by atoms with Gasteiger partial charge in [0, 0.05) is 18.7 Å². The smallest absolute Gasteiger partial charge is 0.253 e. The van der Waals surface area contributed by atoms with E-state index in [4.69, 9.17) is 4.98 Å². The Bertz CT molecular complexity index is 1130. The van der Waals surface area contributed by atoms with Crippen LogP contribution in [0, 0.1) is 0 Å². The molecule has 1 aliphatic heterocycles. The van der Waals surface area contributed by atoms with Crippen LogP contribution in [0.25, 0.3) is 33.5 Å². The standard InChI is InChI=1S/C22H17N3O/c26-22-18-10-5-11-19-20(18)25(13-12-23-22)21(24-19)17-9-4-8-16(14-17)15-6-2-1-3-7-15/h1-11,14H,12-13H2,(H,23,26). The molecule has 2 heterocycles. The lowest BCUT2D eigenvalue weighted by Crippen LogP contribution is -2.24. The van der Waals surface area contributed by atoms with Crippen LogP contribution in [-0.4, -0.2) is 22.0 Å². The first-order valence-corrected chi connectivity index (χ1v) is 8.74. The first-order chi connectivity index (χ1) is 12.8. The highest BCUT2D eigenvalue weighted by Gasteiger charge is 2.21. The van der Waals surface area contributed by atoms with Gasteiger partial charge in [0.05, 0.1) is 16.6 Å². The zero-order chi connectivity index (χ0) is 17.5. The average Bonchev–Trinajstić information content (AvgIpc) is 2.98. The lowest BCUT2D eigenvalue weighted by Gasteiger charge is -2.09. The van der Waals surface area contributed by atoms with E-state index < -0.39 is 0 Å². The molecule has 0 unspecified atom stereocenters. The summed E-state index contributed by atoms with van der Waals surface area (Å²) in [6.07, 6.45) is 0. The molecule has 5 rings (SSSR count). The van der Waals surface area contributed by atoms with Crippen LogP contribution in [0.15, 0.2) is 72.8 Å². The summed E-state index contributed by atoms with van der Waals surface area (Å²) in [5, 5.41) is 2.97. The first-order valence-electron chi connectivity index (χ1n) is 8.74. The summed E-state index contributed by atoms with van der Waals surface area (Å²) < 4.78 is 2.16. The molecule has 0 atom stereocenters. The van der Waals surface area contributed by atoms with Gasteiger partial charge in [-0.15, -0.1) is 0 Å². The van der Waals surface area contributed by atoms with Crippen LogP contribution >= 0.6 is 0 Å². The predicted molar refractivity (Wildman–Crippen MR) is 103 cm³/mol. The normalized spacial score (nSPS) is 13.5. The number of carbonyl (C=O) groups excluding carboxylic acids is 1. The van der Waals surface area contributed by atoms with Crippen LogP contribution in [0.5, 0.6) is 0 Å². The molecule has 0 bridgehead atoms. The van der Waals surface area contributed by atoms with Crippen LogP contribution in [-0.2, 0) is 6.54 Å². The van der Waals surface area contributed by atoms with Crippen molar-refractivity contribution in [1.29, 1.82) is 0 Å². The number of imidazole rings is 1. The van der Waals surface area contributed by atoms with E-state index in [0.29, 0.717) is 18.7 Å². The van der Waals surface area contributed by atoms with E-state index in [0.717, 1.165) is 28.0 Å². The third-order valence-electron chi connectivity index (χ3n) is 4.86. The van der Waals surface area contributed by atoms with E-state index in [1.165, 1.54) is 5.56 Å². The van der Waals surface area contributed by atoms with Crippen molar-refractivity contribution in [2.45, 2.75) is 6.54 Å². The van der Waals surface area contributed by atoms with Gasteiger partial charge in [0.2, 0.25) is 0 Å². The zero-order valence-corrected chi connectivity index (χ0v) is 14.1. The van der Waals surface area contributed by atoms with Crippen LogP contribution < -0.4 is 5.32 Å². The van der Waals surface area contributed by atoms with Crippen LogP contribution in [0.3, 0.4) is 0 Å². The fraction of sp³-hybridized carbons (Fsp3) is 0.0909. The average molecular weight is 339 g/mol. The SMILES string of the molecule is O=C1NCCn2c(-c3cccc(-c4ccccc4)c3)nc3cccc1c32. The summed E-state index contributed by atoms with van der Waals surface area (Å²) in [7, 11) is 0. The Balaban J connectivity index is 1.72. The molecular weight excluding hydrogens is 322 g/mol. The Morgan fingerprint density at radius 3 is 2.50 bits per heavy atom. The molecule has 0 fully saturated rings. The van der Waals surface area contributed by atoms with E-state index in [2.05, 4.69) is 46.3 Å². The van der Waals surface area contributed by atoms with Crippen LogP contribution in [0.4, 0.5) is 0 Å². The maximum absolute atomic E-state index is 12.3. The van der Waals surface area contributed by atoms with Gasteiger partial charge in [0.25, 0.3) is 5.91 Å². The molecule has 4 heteroatoms. The van der Waals surface area contributed by atoms with Crippen molar-refractivity contribution in [2.24, 2.45) is 0 Å². The first kappa shape index (κ1) is 14.9. The largest absolute Gasteiger partial charge is 0.350 e. The van der Waals surface area contributed by atoms with Crippen molar-refractivity contribution in [3.63, 3.8) is 0 Å². The van der Waals surface area contributed by atoms with Crippen LogP contribution in [0.2, 0.25) is 0 Å². The molecular formula is C22H17N3O. The highest BCUT2D eigenvalue weighted by atomic mass is 16.1. The molecule has 0 saturated heterocycles. The van der Waals surface area contributed by atoms with E-state index >= 15 is 0 Å². The van der Waals surface area contributed by atoms with Crippen molar-refractivity contribution in [2.75, 3.05) is 6.54 Å². The number of nitrogens with zero attached hydrogens (tertiary/aromatic N) is 2. The maximum atomic E-state index is 12.3. The lowest BCUT2D eigenvalue weighted by molar-refractivity contribution is 0.0956. The summed E-state index contributed by atoms with van der Waals surface area (Å²) in [6.45, 7) is 1.31. The van der Waals surface area contributed by atoms with Gasteiger partial charge in [-0.1, -0.05) is 54.6 Å². The molecule has 1 aromatic heterocycles. The van der Waals surface area contributed by atoms with Gasteiger partial charge in [-0.2, -0.15) is 0 Å². The highest BCUT2D eigenvalue weighted by molar-refractivity contribution is 6.06. The minimum atomic E-state index is -0.0289. The Kier molecular flexibility index (Phi) is 3.35. The minimum Gasteiger partial charge on any atom is -0.350 e. The number of amides is 1. The van der Waals surface area contributed by atoms with E-state index in [1.54, 1.807) is 0 Å². The summed E-state index contributed by atoms with van der Waals surface area (Å²) >= 11 is 0. The third-order valence-corrected chi connectivity index (χ3v) is 4.86. The number of hydrogen-bond acceptors (Lipinski definition) is 2. The van der Waals surface area contributed by atoms with Gasteiger partial charge in [0.1, 0.15) is 5.82 Å². The van der Waals surface area contributed by atoms with Gasteiger partial charge in [-0.05, 0) is 29.3 Å². The Morgan fingerprint density at radius 2 is 1.62 bits per heavy atom. The molecule has 3 aromatic carbocycles. The second kappa shape index (κ2) is 5.85. The van der Waals surface area contributed by atoms with E-state index in [9.17, 15) is 4.79 Å². The number of nitrogens with one attached hydrogen (secondary N) is 1. The zero-order valence-electron chi connectivity index (χ0n) is 14.1. The van der Waals surface area contributed by atoms with Crippen LogP contribution in [0.1, 0.15) is 10.4 Å². The number of aromatic nitrogens is 2. The number of carbonyl (C=O) groups is 1. The van der Waals surface area contributed by atoms with Crippen molar-refractivity contribution in [3.05, 3.63) is 78.4 Å². The van der Waals surface area contributed by atoms with Gasteiger partial charge in [0.15, 0.2) is 0 Å². The minimum absolute atomic E-state index is 0.0289. The van der Waals surface area contributed by atoms with Crippen molar-refractivity contribution in [3.8, 4) is 22.5 Å². The topological polar surface area (TPSA) is 46.9 Å². The van der Waals surface area contributed by atoms with Crippen molar-refractivity contribution in [1.82, 2.24) is 14.9 Å². The van der Waals surface area contributed by atoms with Gasteiger partial charge in [-0.25, -0.2) is 4.98 Å². The fourth-order valence-electron chi connectivity index (χ4n) is 3.65. The number of hydrogen-bond donors (Lipinski definition) is 1. The molecule has 0 spiro atoms. The highest BCUT2D eigenvalue weighted by Crippen LogP contribution is 2.30. The second-order valence-corrected chi connectivity index (χ2v) is 6.46. The molecule has 4 nitrogen and oxygen atoms in total. The molecule has 0 radical (unpaired) electrons. The monoisotopic (exact) mass is 339 g/mol. The third kappa shape index (κ3) is 2.30. The predicted octanol–water partition coefficient (Wildman–Crippen LogP) is 4.11. The number of para-hydroxylation sites is 1. The summed E-state index contributed by atoms with van der Waals surface area (Å²) in [5.41, 5.74) is 5.87. The molecule has 126 valence electrons. The quantitative estimate of drug-likeness (QED) is 0.597. The molecule has 26 heavy (non-hydrogen) atoms. The van der Waals surface area contributed by atoms with Gasteiger partial charge >= 0.3 is 0 Å². The molecule has 1 aliphatic rings. The molecule has 1 N–H and O–H groups in total. The summed E-state index contributed by atoms with van der Waals surface area (Å²) in [4.78, 5) is 17.2. The van der Waals surface area contributed by atoms with E-state index in [-0.39, 0.29) is 5.91 Å². The fourth-order valence-corrected chi connectivity index (χ4v) is 3.65. The second-order valence-electron chi connectivity index (χ2n) is 6.46. The van der Waals surface area contributed by atoms with Gasteiger partial charge in [-0.3, -0.25) is 4.79 Å². The Morgan fingerprint density at radius 1 is 0.846 bits per heavy atom. The molecule has 0 aliphatic carbocycles. The van der Waals surface area contributed by atoms with Gasteiger partial charge < -0.3 is 9.88 Å². The summed E-state index contributed by atoms with van der Waals surface area (Å²) in [5.74, 6) is 0.876. The number of rotatable bonds is 2. The Labute approximate surface area is 151 Å². The Hall–Kier alpha value is -3.40. The lowest BCUT2D eigenvalue weighted by atomic mass is 10.0. The molecule has 0 saturated carbocycles. The number of benzene rings is 3. The summed E-state index contributed by atoms with van der Waals surface area (Å²) in [6, 6.07) is 24.5.